The zero-order chi connectivity index (χ0) is 18.1. The number of hydrogen-bond acceptors (Lipinski definition) is 4. The van der Waals surface area contributed by atoms with E-state index in [1.807, 2.05) is 67.2 Å². The van der Waals surface area contributed by atoms with Gasteiger partial charge in [0.1, 0.15) is 17.9 Å². The molecule has 1 aromatic carbocycles. The minimum atomic E-state index is -0.128. The molecule has 6 nitrogen and oxygen atoms in total. The molecule has 0 bridgehead atoms. The standard InChI is InChI=1S/C20H18N4O2/c1-13-14(2)26-20-18(13)19(21-12-22-20)23-17(25)11-15-5-7-16(8-6-15)24-9-3-4-10-24/h3-10,12H,11H2,1-2H3,(H,21,22,23,25). The molecular weight excluding hydrogens is 328 g/mol. The van der Waals surface area contributed by atoms with Crippen LogP contribution < -0.4 is 5.32 Å². The number of carbonyl (C=O) groups excluding carboxylic acids is 1. The molecule has 0 unspecified atom stereocenters. The summed E-state index contributed by atoms with van der Waals surface area (Å²) in [6.45, 7) is 3.80. The number of rotatable bonds is 4. The first-order chi connectivity index (χ1) is 12.6. The summed E-state index contributed by atoms with van der Waals surface area (Å²) in [5.41, 5.74) is 3.42. The maximum Gasteiger partial charge on any atom is 0.231 e. The van der Waals surface area contributed by atoms with Crippen LogP contribution in [0.2, 0.25) is 0 Å². The second-order valence-electron chi connectivity index (χ2n) is 6.17. The van der Waals surface area contributed by atoms with E-state index < -0.39 is 0 Å². The van der Waals surface area contributed by atoms with Crippen molar-refractivity contribution in [2.45, 2.75) is 20.3 Å². The lowest BCUT2D eigenvalue weighted by Crippen LogP contribution is -2.15. The van der Waals surface area contributed by atoms with Gasteiger partial charge in [-0.2, -0.15) is 0 Å². The third-order valence-electron chi connectivity index (χ3n) is 4.43. The minimum Gasteiger partial charge on any atom is -0.443 e. The molecule has 0 aliphatic carbocycles. The fraction of sp³-hybridized carbons (Fsp3) is 0.150. The number of aryl methyl sites for hydroxylation is 2. The lowest BCUT2D eigenvalue weighted by Gasteiger charge is -2.07. The summed E-state index contributed by atoms with van der Waals surface area (Å²) >= 11 is 0. The highest BCUT2D eigenvalue weighted by Gasteiger charge is 2.15. The molecule has 3 heterocycles. The number of nitrogens with one attached hydrogen (secondary N) is 1. The second-order valence-corrected chi connectivity index (χ2v) is 6.17. The Hall–Kier alpha value is -3.41. The van der Waals surface area contributed by atoms with Gasteiger partial charge < -0.3 is 14.3 Å². The number of aromatic nitrogens is 3. The predicted molar refractivity (Wildman–Crippen MR) is 99.4 cm³/mol. The van der Waals surface area contributed by atoms with Crippen LogP contribution in [0.3, 0.4) is 0 Å². The topological polar surface area (TPSA) is 73.0 Å². The predicted octanol–water partition coefficient (Wildman–Crippen LogP) is 3.81. The van der Waals surface area contributed by atoms with Gasteiger partial charge in [0.2, 0.25) is 11.6 Å². The molecule has 3 aromatic heterocycles. The molecule has 26 heavy (non-hydrogen) atoms. The Labute approximate surface area is 150 Å². The zero-order valence-electron chi connectivity index (χ0n) is 14.6. The fourth-order valence-corrected chi connectivity index (χ4v) is 2.93. The molecular formula is C20H18N4O2. The normalized spacial score (nSPS) is 11.0. The molecule has 0 spiro atoms. The highest BCUT2D eigenvalue weighted by molar-refractivity contribution is 6.00. The van der Waals surface area contributed by atoms with Crippen LogP contribution in [0, 0.1) is 13.8 Å². The van der Waals surface area contributed by atoms with Crippen LogP contribution in [0.25, 0.3) is 16.8 Å². The monoisotopic (exact) mass is 346 g/mol. The molecule has 6 heteroatoms. The molecule has 0 aliphatic heterocycles. The molecule has 1 amide bonds. The lowest BCUT2D eigenvalue weighted by molar-refractivity contribution is -0.115. The van der Waals surface area contributed by atoms with Crippen molar-refractivity contribution < 1.29 is 9.21 Å². The van der Waals surface area contributed by atoms with Gasteiger partial charge in [-0.3, -0.25) is 4.79 Å². The maximum atomic E-state index is 12.4. The molecule has 1 N–H and O–H groups in total. The van der Waals surface area contributed by atoms with E-state index in [9.17, 15) is 4.79 Å². The van der Waals surface area contributed by atoms with Gasteiger partial charge in [0, 0.05) is 23.6 Å². The van der Waals surface area contributed by atoms with Gasteiger partial charge in [-0.05, 0) is 43.7 Å². The van der Waals surface area contributed by atoms with Crippen LogP contribution in [0.15, 0.2) is 59.5 Å². The molecule has 130 valence electrons. The summed E-state index contributed by atoms with van der Waals surface area (Å²) < 4.78 is 7.60. The van der Waals surface area contributed by atoms with Gasteiger partial charge in [-0.15, -0.1) is 0 Å². The van der Waals surface area contributed by atoms with E-state index in [1.54, 1.807) is 0 Å². The molecule has 4 aromatic rings. The Morgan fingerprint density at radius 3 is 2.58 bits per heavy atom. The van der Waals surface area contributed by atoms with Crippen molar-refractivity contribution in [1.29, 1.82) is 0 Å². The summed E-state index contributed by atoms with van der Waals surface area (Å²) in [5, 5.41) is 3.63. The van der Waals surface area contributed by atoms with Crippen LogP contribution >= 0.6 is 0 Å². The largest absolute Gasteiger partial charge is 0.443 e. The van der Waals surface area contributed by atoms with Crippen LogP contribution in [0.4, 0.5) is 5.82 Å². The summed E-state index contributed by atoms with van der Waals surface area (Å²) in [5.74, 6) is 1.13. The van der Waals surface area contributed by atoms with Crippen LogP contribution in [-0.4, -0.2) is 20.4 Å². The van der Waals surface area contributed by atoms with Crippen LogP contribution in [-0.2, 0) is 11.2 Å². The minimum absolute atomic E-state index is 0.128. The molecule has 0 aliphatic rings. The third-order valence-corrected chi connectivity index (χ3v) is 4.43. The van der Waals surface area contributed by atoms with Crippen LogP contribution in [0.1, 0.15) is 16.9 Å². The number of carbonyl (C=O) groups is 1. The molecule has 0 radical (unpaired) electrons. The molecule has 0 fully saturated rings. The number of furan rings is 1. The van der Waals surface area contributed by atoms with Crippen molar-refractivity contribution in [2.24, 2.45) is 0 Å². The lowest BCUT2D eigenvalue weighted by atomic mass is 10.1. The van der Waals surface area contributed by atoms with E-state index in [2.05, 4.69) is 15.3 Å². The number of hydrogen-bond donors (Lipinski definition) is 1. The van der Waals surface area contributed by atoms with Crippen LogP contribution in [0.5, 0.6) is 0 Å². The highest BCUT2D eigenvalue weighted by Crippen LogP contribution is 2.28. The first kappa shape index (κ1) is 16.1. The summed E-state index contributed by atoms with van der Waals surface area (Å²) in [7, 11) is 0. The quantitative estimate of drug-likeness (QED) is 0.610. The smallest absolute Gasteiger partial charge is 0.231 e. The first-order valence-corrected chi connectivity index (χ1v) is 8.34. The Balaban J connectivity index is 1.51. The first-order valence-electron chi connectivity index (χ1n) is 8.34. The average molecular weight is 346 g/mol. The van der Waals surface area contributed by atoms with E-state index in [1.165, 1.54) is 6.33 Å². The number of anilines is 1. The third kappa shape index (κ3) is 2.97. The van der Waals surface area contributed by atoms with E-state index in [0.29, 0.717) is 11.5 Å². The Morgan fingerprint density at radius 2 is 1.85 bits per heavy atom. The Kier molecular flexibility index (Phi) is 4.01. The van der Waals surface area contributed by atoms with Crippen molar-refractivity contribution in [3.8, 4) is 5.69 Å². The summed E-state index contributed by atoms with van der Waals surface area (Å²) in [6, 6.07) is 11.9. The average Bonchev–Trinajstić information content (AvgIpc) is 3.25. The SMILES string of the molecule is Cc1oc2ncnc(NC(=O)Cc3ccc(-n4cccc4)cc3)c2c1C. The van der Waals surface area contributed by atoms with Crippen molar-refractivity contribution in [3.05, 3.63) is 72.0 Å². The van der Waals surface area contributed by atoms with Crippen molar-refractivity contribution in [1.82, 2.24) is 14.5 Å². The van der Waals surface area contributed by atoms with Gasteiger partial charge in [-0.1, -0.05) is 12.1 Å². The van der Waals surface area contributed by atoms with E-state index in [0.717, 1.165) is 28.0 Å². The zero-order valence-corrected chi connectivity index (χ0v) is 14.6. The van der Waals surface area contributed by atoms with Crippen molar-refractivity contribution in [2.75, 3.05) is 5.32 Å². The summed E-state index contributed by atoms with van der Waals surface area (Å²) in [4.78, 5) is 20.8. The Bertz CT molecular complexity index is 1060. The number of benzene rings is 1. The summed E-state index contributed by atoms with van der Waals surface area (Å²) in [6.07, 6.45) is 5.63. The number of amides is 1. The number of fused-ring (bicyclic) bond motifs is 1. The second kappa shape index (κ2) is 6.48. The van der Waals surface area contributed by atoms with E-state index >= 15 is 0 Å². The van der Waals surface area contributed by atoms with Crippen molar-refractivity contribution >= 4 is 22.8 Å². The van der Waals surface area contributed by atoms with Gasteiger partial charge in [0.25, 0.3) is 0 Å². The van der Waals surface area contributed by atoms with Gasteiger partial charge in [0.05, 0.1) is 11.8 Å². The van der Waals surface area contributed by atoms with E-state index in [-0.39, 0.29) is 12.3 Å². The Morgan fingerprint density at radius 1 is 1.12 bits per heavy atom. The van der Waals surface area contributed by atoms with Gasteiger partial charge >= 0.3 is 0 Å². The fourth-order valence-electron chi connectivity index (χ4n) is 2.93. The number of nitrogens with zero attached hydrogens (tertiary/aromatic N) is 3. The van der Waals surface area contributed by atoms with Crippen molar-refractivity contribution in [3.63, 3.8) is 0 Å². The molecule has 0 atom stereocenters. The van der Waals surface area contributed by atoms with Gasteiger partial charge in [0.15, 0.2) is 0 Å². The molecule has 4 rings (SSSR count). The molecule has 0 saturated heterocycles. The highest BCUT2D eigenvalue weighted by atomic mass is 16.3. The maximum absolute atomic E-state index is 12.4. The molecule has 0 saturated carbocycles. The van der Waals surface area contributed by atoms with Gasteiger partial charge in [-0.25, -0.2) is 9.97 Å². The van der Waals surface area contributed by atoms with E-state index in [4.69, 9.17) is 4.42 Å².